The van der Waals surface area contributed by atoms with Gasteiger partial charge in [-0.1, -0.05) is 13.3 Å². The van der Waals surface area contributed by atoms with Crippen LogP contribution in [0, 0.1) is 5.82 Å². The normalized spacial score (nSPS) is 15.3. The van der Waals surface area contributed by atoms with Crippen LogP contribution in [0.1, 0.15) is 19.8 Å². The number of anilines is 1. The van der Waals surface area contributed by atoms with Gasteiger partial charge < -0.3 is 15.1 Å². The summed E-state index contributed by atoms with van der Waals surface area (Å²) in [5.74, 6) is -0.0458. The van der Waals surface area contributed by atoms with E-state index in [4.69, 9.17) is 0 Å². The van der Waals surface area contributed by atoms with Gasteiger partial charge in [0.25, 0.3) is 0 Å². The van der Waals surface area contributed by atoms with E-state index in [-0.39, 0.29) is 11.7 Å². The van der Waals surface area contributed by atoms with Gasteiger partial charge in [-0.25, -0.2) is 4.39 Å². The molecular weight excluding hydrogens is 269 g/mol. The molecule has 0 radical (unpaired) electrons. The Balaban J connectivity index is 1.75. The molecule has 1 fully saturated rings. The van der Waals surface area contributed by atoms with Crippen molar-refractivity contribution < 1.29 is 9.18 Å². The van der Waals surface area contributed by atoms with Gasteiger partial charge in [-0.05, 0) is 37.2 Å². The zero-order chi connectivity index (χ0) is 15.1. The molecule has 1 heterocycles. The van der Waals surface area contributed by atoms with Gasteiger partial charge >= 0.3 is 0 Å². The molecule has 1 aliphatic heterocycles. The van der Waals surface area contributed by atoms with Crippen molar-refractivity contribution in [1.82, 2.24) is 10.2 Å². The quantitative estimate of drug-likeness (QED) is 0.813. The lowest BCUT2D eigenvalue weighted by Gasteiger charge is -2.36. The average molecular weight is 293 g/mol. The van der Waals surface area contributed by atoms with Crippen molar-refractivity contribution >= 4 is 11.6 Å². The third-order valence-electron chi connectivity index (χ3n) is 3.81. The topological polar surface area (TPSA) is 35.6 Å². The van der Waals surface area contributed by atoms with E-state index in [9.17, 15) is 9.18 Å². The molecule has 0 saturated carbocycles. The van der Waals surface area contributed by atoms with Crippen LogP contribution in [0.4, 0.5) is 10.1 Å². The molecule has 0 unspecified atom stereocenters. The van der Waals surface area contributed by atoms with Crippen molar-refractivity contribution in [3.8, 4) is 0 Å². The third kappa shape index (κ3) is 4.70. The fraction of sp³-hybridized carbons (Fsp3) is 0.562. The van der Waals surface area contributed by atoms with Gasteiger partial charge in [0.2, 0.25) is 5.91 Å². The maximum Gasteiger partial charge on any atom is 0.236 e. The second-order valence-corrected chi connectivity index (χ2v) is 5.37. The number of carbonyl (C=O) groups is 1. The fourth-order valence-corrected chi connectivity index (χ4v) is 2.47. The van der Waals surface area contributed by atoms with Crippen molar-refractivity contribution in [3.63, 3.8) is 0 Å². The highest BCUT2D eigenvalue weighted by Crippen LogP contribution is 2.16. The van der Waals surface area contributed by atoms with Crippen LogP contribution in [-0.4, -0.2) is 50.1 Å². The number of piperazine rings is 1. The molecule has 0 aromatic heterocycles. The summed E-state index contributed by atoms with van der Waals surface area (Å²) in [6.45, 7) is 6.52. The van der Waals surface area contributed by atoms with E-state index in [1.807, 2.05) is 4.90 Å². The van der Waals surface area contributed by atoms with Crippen molar-refractivity contribution in [1.29, 1.82) is 0 Å². The average Bonchev–Trinajstić information content (AvgIpc) is 2.52. The number of unbranched alkanes of at least 4 members (excludes halogenated alkanes) is 1. The Morgan fingerprint density at radius 2 is 1.86 bits per heavy atom. The maximum absolute atomic E-state index is 12.9. The van der Waals surface area contributed by atoms with E-state index < -0.39 is 0 Å². The number of nitrogens with zero attached hydrogens (tertiary/aromatic N) is 2. The second kappa shape index (κ2) is 7.98. The van der Waals surface area contributed by atoms with Crippen molar-refractivity contribution in [3.05, 3.63) is 30.1 Å². The summed E-state index contributed by atoms with van der Waals surface area (Å²) in [6, 6.07) is 6.53. The van der Waals surface area contributed by atoms with Gasteiger partial charge in [0.15, 0.2) is 0 Å². The minimum atomic E-state index is -0.217. The molecule has 1 aliphatic rings. The predicted molar refractivity (Wildman–Crippen MR) is 83.0 cm³/mol. The number of carbonyl (C=O) groups excluding carboxylic acids is 1. The van der Waals surface area contributed by atoms with Crippen molar-refractivity contribution in [2.24, 2.45) is 0 Å². The van der Waals surface area contributed by atoms with Crippen molar-refractivity contribution in [2.45, 2.75) is 19.8 Å². The summed E-state index contributed by atoms with van der Waals surface area (Å²) in [6.07, 6.45) is 2.24. The first kappa shape index (κ1) is 15.8. The van der Waals surface area contributed by atoms with Crippen LogP contribution in [-0.2, 0) is 4.79 Å². The van der Waals surface area contributed by atoms with Gasteiger partial charge in [0, 0.05) is 31.9 Å². The molecule has 1 aromatic carbocycles. The lowest BCUT2D eigenvalue weighted by molar-refractivity contribution is -0.130. The molecule has 1 saturated heterocycles. The molecule has 2 rings (SSSR count). The molecule has 21 heavy (non-hydrogen) atoms. The van der Waals surface area contributed by atoms with E-state index in [1.54, 1.807) is 12.1 Å². The molecule has 0 spiro atoms. The molecule has 1 aromatic rings. The number of halogens is 1. The molecular formula is C16H24FN3O. The Bertz CT molecular complexity index is 441. The minimum absolute atomic E-state index is 0.171. The van der Waals surface area contributed by atoms with Gasteiger partial charge in [0.1, 0.15) is 5.82 Å². The van der Waals surface area contributed by atoms with Gasteiger partial charge in [-0.3, -0.25) is 4.79 Å². The molecule has 5 heteroatoms. The monoisotopic (exact) mass is 293 g/mol. The number of benzene rings is 1. The van der Waals surface area contributed by atoms with E-state index in [1.165, 1.54) is 12.1 Å². The summed E-state index contributed by atoms with van der Waals surface area (Å²) in [4.78, 5) is 16.1. The zero-order valence-corrected chi connectivity index (χ0v) is 12.6. The highest BCUT2D eigenvalue weighted by Gasteiger charge is 2.20. The van der Waals surface area contributed by atoms with Gasteiger partial charge in [-0.2, -0.15) is 0 Å². The second-order valence-electron chi connectivity index (χ2n) is 5.37. The van der Waals surface area contributed by atoms with Crippen LogP contribution >= 0.6 is 0 Å². The molecule has 0 aliphatic carbocycles. The Kier molecular flexibility index (Phi) is 5.99. The highest BCUT2D eigenvalue weighted by atomic mass is 19.1. The van der Waals surface area contributed by atoms with Crippen LogP contribution in [0.25, 0.3) is 0 Å². The van der Waals surface area contributed by atoms with E-state index in [0.717, 1.165) is 51.3 Å². The van der Waals surface area contributed by atoms with Crippen LogP contribution in [0.5, 0.6) is 0 Å². The summed E-state index contributed by atoms with van der Waals surface area (Å²) in [5, 5.41) is 3.19. The molecule has 116 valence electrons. The third-order valence-corrected chi connectivity index (χ3v) is 3.81. The SMILES string of the molecule is CCCCNCC(=O)N1CCN(c2ccc(F)cc2)CC1. The van der Waals surface area contributed by atoms with E-state index in [2.05, 4.69) is 17.1 Å². The Labute approximate surface area is 125 Å². The van der Waals surface area contributed by atoms with E-state index in [0.29, 0.717) is 6.54 Å². The van der Waals surface area contributed by atoms with Crippen LogP contribution < -0.4 is 10.2 Å². The number of rotatable bonds is 6. The molecule has 1 amide bonds. The lowest BCUT2D eigenvalue weighted by atomic mass is 10.2. The molecule has 1 N–H and O–H groups in total. The Hall–Kier alpha value is -1.62. The smallest absolute Gasteiger partial charge is 0.236 e. The Morgan fingerprint density at radius 1 is 1.19 bits per heavy atom. The predicted octanol–water partition coefficient (Wildman–Crippen LogP) is 1.86. The number of nitrogens with one attached hydrogen (secondary N) is 1. The molecule has 0 atom stereocenters. The number of hydrogen-bond donors (Lipinski definition) is 1. The summed E-state index contributed by atoms with van der Waals surface area (Å²) in [5.41, 5.74) is 1.02. The van der Waals surface area contributed by atoms with Crippen LogP contribution in [0.2, 0.25) is 0 Å². The fourth-order valence-electron chi connectivity index (χ4n) is 2.47. The minimum Gasteiger partial charge on any atom is -0.368 e. The van der Waals surface area contributed by atoms with Crippen LogP contribution in [0.15, 0.2) is 24.3 Å². The zero-order valence-electron chi connectivity index (χ0n) is 12.6. The maximum atomic E-state index is 12.9. The summed E-state index contributed by atoms with van der Waals surface area (Å²) >= 11 is 0. The number of hydrogen-bond acceptors (Lipinski definition) is 3. The van der Waals surface area contributed by atoms with Gasteiger partial charge in [0.05, 0.1) is 6.54 Å². The molecule has 4 nitrogen and oxygen atoms in total. The largest absolute Gasteiger partial charge is 0.368 e. The van der Waals surface area contributed by atoms with E-state index >= 15 is 0 Å². The Morgan fingerprint density at radius 3 is 2.48 bits per heavy atom. The van der Waals surface area contributed by atoms with Gasteiger partial charge in [-0.15, -0.1) is 0 Å². The summed E-state index contributed by atoms with van der Waals surface area (Å²) in [7, 11) is 0. The molecule has 0 bridgehead atoms. The highest BCUT2D eigenvalue weighted by molar-refractivity contribution is 5.78. The standard InChI is InChI=1S/C16H24FN3O/c1-2-3-8-18-13-16(21)20-11-9-19(10-12-20)15-6-4-14(17)5-7-15/h4-7,18H,2-3,8-13H2,1H3. The number of amides is 1. The summed E-state index contributed by atoms with van der Waals surface area (Å²) < 4.78 is 12.9. The first-order valence-electron chi connectivity index (χ1n) is 7.69. The first-order valence-corrected chi connectivity index (χ1v) is 7.69. The lowest BCUT2D eigenvalue weighted by Crippen LogP contribution is -2.50. The van der Waals surface area contributed by atoms with Crippen LogP contribution in [0.3, 0.4) is 0 Å². The van der Waals surface area contributed by atoms with Crippen molar-refractivity contribution in [2.75, 3.05) is 44.2 Å². The first-order chi connectivity index (χ1) is 10.2.